The van der Waals surface area contributed by atoms with Crippen LogP contribution in [0.2, 0.25) is 0 Å². The molecular weight excluding hydrogens is 258 g/mol. The minimum atomic E-state index is 0.737. The van der Waals surface area contributed by atoms with Gasteiger partial charge in [-0.1, -0.05) is 0 Å². The maximum atomic E-state index is 9.40. The molecule has 0 saturated heterocycles. The van der Waals surface area contributed by atoms with Gasteiger partial charge in [-0.3, -0.25) is 0 Å². The molecule has 0 amide bonds. The van der Waals surface area contributed by atoms with Gasteiger partial charge in [0.05, 0.1) is 5.56 Å². The van der Waals surface area contributed by atoms with Crippen molar-refractivity contribution in [2.75, 3.05) is 11.9 Å². The normalized spacial score (nSPS) is 21.0. The second-order valence-electron chi connectivity index (χ2n) is 7.03. The van der Waals surface area contributed by atoms with Crippen molar-refractivity contribution in [1.29, 1.82) is 5.26 Å². The van der Waals surface area contributed by atoms with Crippen LogP contribution in [-0.4, -0.2) is 11.5 Å². The van der Waals surface area contributed by atoms with Crippen molar-refractivity contribution in [1.82, 2.24) is 4.98 Å². The quantitative estimate of drug-likeness (QED) is 0.895. The maximum absolute atomic E-state index is 9.40. The van der Waals surface area contributed by atoms with Crippen molar-refractivity contribution < 1.29 is 0 Å². The van der Waals surface area contributed by atoms with Gasteiger partial charge in [0.2, 0.25) is 0 Å². The number of hydrogen-bond acceptors (Lipinski definition) is 3. The summed E-state index contributed by atoms with van der Waals surface area (Å²) >= 11 is 0. The number of nitrogens with zero attached hydrogens (tertiary/aromatic N) is 2. The fourth-order valence-electron chi connectivity index (χ4n) is 3.84. The summed E-state index contributed by atoms with van der Waals surface area (Å²) < 4.78 is 0. The highest BCUT2D eigenvalue weighted by atomic mass is 15.0. The lowest BCUT2D eigenvalue weighted by Gasteiger charge is -2.20. The lowest BCUT2D eigenvalue weighted by Crippen LogP contribution is -2.20. The highest BCUT2D eigenvalue weighted by Gasteiger charge is 2.41. The highest BCUT2D eigenvalue weighted by molar-refractivity contribution is 5.54. The molecule has 3 nitrogen and oxygen atoms in total. The van der Waals surface area contributed by atoms with E-state index in [1.807, 2.05) is 0 Å². The third-order valence-electron chi connectivity index (χ3n) is 5.38. The molecule has 3 aliphatic rings. The van der Waals surface area contributed by atoms with Crippen LogP contribution in [0.3, 0.4) is 0 Å². The summed E-state index contributed by atoms with van der Waals surface area (Å²) in [5, 5.41) is 12.9. The predicted octanol–water partition coefficient (Wildman–Crippen LogP) is 3.68. The Bertz CT molecular complexity index is 567. The van der Waals surface area contributed by atoms with Gasteiger partial charge in [-0.05, 0) is 80.8 Å². The molecular formula is C18H23N3. The Balaban J connectivity index is 1.52. The third kappa shape index (κ3) is 2.77. The number of pyridine rings is 1. The molecule has 3 heteroatoms. The summed E-state index contributed by atoms with van der Waals surface area (Å²) in [6, 6.07) is 4.41. The van der Waals surface area contributed by atoms with Crippen LogP contribution in [0.4, 0.5) is 5.82 Å². The molecule has 1 aromatic heterocycles. The number of hydrogen-bond donors (Lipinski definition) is 1. The van der Waals surface area contributed by atoms with Gasteiger partial charge in [0.1, 0.15) is 11.9 Å². The van der Waals surface area contributed by atoms with Crippen LogP contribution >= 0.6 is 0 Å². The minimum absolute atomic E-state index is 0.737. The monoisotopic (exact) mass is 281 g/mol. The zero-order valence-electron chi connectivity index (χ0n) is 12.6. The predicted molar refractivity (Wildman–Crippen MR) is 83.0 cm³/mol. The van der Waals surface area contributed by atoms with E-state index in [-0.39, 0.29) is 0 Å². The molecule has 21 heavy (non-hydrogen) atoms. The van der Waals surface area contributed by atoms with E-state index < -0.39 is 0 Å². The molecule has 0 spiro atoms. The fourth-order valence-corrected chi connectivity index (χ4v) is 3.84. The molecule has 1 aromatic rings. The van der Waals surface area contributed by atoms with E-state index in [9.17, 15) is 5.26 Å². The largest absolute Gasteiger partial charge is 0.369 e. The Morgan fingerprint density at radius 1 is 1.19 bits per heavy atom. The molecule has 4 rings (SSSR count). The number of nitriles is 1. The molecule has 3 aliphatic carbocycles. The number of rotatable bonds is 5. The molecule has 0 unspecified atom stereocenters. The van der Waals surface area contributed by atoms with E-state index in [4.69, 9.17) is 4.98 Å². The lowest BCUT2D eigenvalue weighted by molar-refractivity contribution is 0.427. The molecule has 0 bridgehead atoms. The minimum Gasteiger partial charge on any atom is -0.369 e. The van der Waals surface area contributed by atoms with Gasteiger partial charge in [0.15, 0.2) is 0 Å². The molecule has 1 N–H and O–H groups in total. The Labute approximate surface area is 126 Å². The van der Waals surface area contributed by atoms with Gasteiger partial charge in [0, 0.05) is 12.2 Å². The van der Waals surface area contributed by atoms with Gasteiger partial charge >= 0.3 is 0 Å². The SMILES string of the molecule is N#Cc1cc2c(nc1NCC(C1CC1)C1CC1)CCCC2. The number of fused-ring (bicyclic) bond motifs is 1. The first kappa shape index (κ1) is 13.1. The van der Waals surface area contributed by atoms with E-state index in [1.54, 1.807) is 0 Å². The second kappa shape index (κ2) is 5.33. The van der Waals surface area contributed by atoms with E-state index >= 15 is 0 Å². The first-order valence-electron chi connectivity index (χ1n) is 8.52. The smallest absolute Gasteiger partial charge is 0.144 e. The lowest BCUT2D eigenvalue weighted by atomic mass is 9.94. The van der Waals surface area contributed by atoms with Gasteiger partial charge in [0.25, 0.3) is 0 Å². The first-order valence-corrected chi connectivity index (χ1v) is 8.52. The van der Waals surface area contributed by atoms with Gasteiger partial charge in [-0.2, -0.15) is 5.26 Å². The van der Waals surface area contributed by atoms with Crippen LogP contribution in [0.25, 0.3) is 0 Å². The fraction of sp³-hybridized carbons (Fsp3) is 0.667. The number of anilines is 1. The van der Waals surface area contributed by atoms with Crippen molar-refractivity contribution in [2.45, 2.75) is 51.4 Å². The summed E-state index contributed by atoms with van der Waals surface area (Å²) in [7, 11) is 0. The average molecular weight is 281 g/mol. The molecule has 0 aromatic carbocycles. The molecule has 2 fully saturated rings. The van der Waals surface area contributed by atoms with E-state index in [2.05, 4.69) is 17.5 Å². The standard InChI is InChI=1S/C18H23N3/c19-10-15-9-14-3-1-2-4-17(14)21-18(15)20-11-16(12-5-6-12)13-7-8-13/h9,12-13,16H,1-8,11H2,(H,20,21). The summed E-state index contributed by atoms with van der Waals surface area (Å²) in [6.07, 6.45) is 10.3. The van der Waals surface area contributed by atoms with E-state index in [1.165, 1.54) is 49.8 Å². The van der Waals surface area contributed by atoms with Gasteiger partial charge in [-0.15, -0.1) is 0 Å². The van der Waals surface area contributed by atoms with E-state index in [0.29, 0.717) is 0 Å². The third-order valence-corrected chi connectivity index (χ3v) is 5.38. The topological polar surface area (TPSA) is 48.7 Å². The van der Waals surface area contributed by atoms with Crippen molar-refractivity contribution in [3.63, 3.8) is 0 Å². The van der Waals surface area contributed by atoms with Crippen molar-refractivity contribution in [3.05, 3.63) is 22.9 Å². The Hall–Kier alpha value is -1.56. The van der Waals surface area contributed by atoms with Crippen LogP contribution in [0.5, 0.6) is 0 Å². The second-order valence-corrected chi connectivity index (χ2v) is 7.03. The number of aryl methyl sites for hydroxylation is 2. The maximum Gasteiger partial charge on any atom is 0.144 e. The van der Waals surface area contributed by atoms with Crippen LogP contribution < -0.4 is 5.32 Å². The Kier molecular flexibility index (Phi) is 3.33. The van der Waals surface area contributed by atoms with E-state index in [0.717, 1.165) is 48.5 Å². The summed E-state index contributed by atoms with van der Waals surface area (Å²) in [6.45, 7) is 1.01. The highest BCUT2D eigenvalue weighted by Crippen LogP contribution is 2.49. The molecule has 0 atom stereocenters. The Morgan fingerprint density at radius 2 is 1.90 bits per heavy atom. The summed E-state index contributed by atoms with van der Waals surface area (Å²) in [5.74, 6) is 3.53. The van der Waals surface area contributed by atoms with Gasteiger partial charge in [-0.25, -0.2) is 4.98 Å². The average Bonchev–Trinajstić information content (AvgIpc) is 3.39. The molecule has 1 heterocycles. The Morgan fingerprint density at radius 3 is 2.57 bits per heavy atom. The first-order chi connectivity index (χ1) is 10.3. The number of aromatic nitrogens is 1. The zero-order chi connectivity index (χ0) is 14.2. The summed E-state index contributed by atoms with van der Waals surface area (Å²) in [5.41, 5.74) is 3.25. The zero-order valence-corrected chi connectivity index (χ0v) is 12.6. The van der Waals surface area contributed by atoms with Crippen molar-refractivity contribution in [3.8, 4) is 6.07 Å². The van der Waals surface area contributed by atoms with Crippen LogP contribution in [-0.2, 0) is 12.8 Å². The molecule has 2 saturated carbocycles. The molecule has 110 valence electrons. The van der Waals surface area contributed by atoms with Crippen molar-refractivity contribution in [2.24, 2.45) is 17.8 Å². The van der Waals surface area contributed by atoms with Crippen molar-refractivity contribution >= 4 is 5.82 Å². The number of nitrogens with one attached hydrogen (secondary N) is 1. The van der Waals surface area contributed by atoms with Gasteiger partial charge < -0.3 is 5.32 Å². The molecule has 0 radical (unpaired) electrons. The summed E-state index contributed by atoms with van der Waals surface area (Å²) in [4.78, 5) is 4.78. The van der Waals surface area contributed by atoms with Crippen LogP contribution in [0, 0.1) is 29.1 Å². The van der Waals surface area contributed by atoms with Crippen LogP contribution in [0.15, 0.2) is 6.07 Å². The molecule has 0 aliphatic heterocycles. The van der Waals surface area contributed by atoms with Crippen LogP contribution in [0.1, 0.15) is 55.3 Å².